The quantitative estimate of drug-likeness (QED) is 0.617. The number of halogens is 3. The normalized spacial score (nSPS) is 21.1. The van der Waals surface area contributed by atoms with Crippen LogP contribution in [0.2, 0.25) is 0 Å². The lowest BCUT2D eigenvalue weighted by molar-refractivity contribution is -0.302. The lowest BCUT2D eigenvalue weighted by atomic mass is 10.0. The second-order valence-electron chi connectivity index (χ2n) is 6.52. The van der Waals surface area contributed by atoms with Crippen molar-refractivity contribution in [3.05, 3.63) is 35.9 Å². The minimum atomic E-state index is -5.22. The summed E-state index contributed by atoms with van der Waals surface area (Å²) in [6.45, 7) is 4.37. The molecule has 0 bridgehead atoms. The predicted octanol–water partition coefficient (Wildman–Crippen LogP) is 2.22. The van der Waals surface area contributed by atoms with Crippen LogP contribution in [0.5, 0.6) is 0 Å². The SMILES string of the molecule is CC(C)(C)OC(=O)C(=O)N1N=C(c2ccccc2)CC1(O)C(F)(F)F. The van der Waals surface area contributed by atoms with Crippen molar-refractivity contribution in [3.8, 4) is 0 Å². The highest BCUT2D eigenvalue weighted by Gasteiger charge is 2.64. The number of benzene rings is 1. The van der Waals surface area contributed by atoms with Crippen molar-refractivity contribution in [1.29, 1.82) is 0 Å². The Morgan fingerprint density at radius 3 is 2.24 bits per heavy atom. The molecule has 9 heteroatoms. The van der Waals surface area contributed by atoms with Gasteiger partial charge in [-0.25, -0.2) is 4.79 Å². The Labute approximate surface area is 141 Å². The van der Waals surface area contributed by atoms with Crippen LogP contribution in [-0.4, -0.2) is 45.2 Å². The van der Waals surface area contributed by atoms with Crippen molar-refractivity contribution in [2.24, 2.45) is 5.10 Å². The summed E-state index contributed by atoms with van der Waals surface area (Å²) >= 11 is 0. The summed E-state index contributed by atoms with van der Waals surface area (Å²) in [4.78, 5) is 24.0. The van der Waals surface area contributed by atoms with E-state index in [1.165, 1.54) is 32.9 Å². The summed E-state index contributed by atoms with van der Waals surface area (Å²) < 4.78 is 44.9. The number of aliphatic hydroxyl groups is 1. The molecule has 0 fully saturated rings. The van der Waals surface area contributed by atoms with Crippen molar-refractivity contribution in [1.82, 2.24) is 5.01 Å². The molecule has 1 aromatic carbocycles. The van der Waals surface area contributed by atoms with Gasteiger partial charge in [0.25, 0.3) is 5.72 Å². The standard InChI is InChI=1S/C16H17F3N2O4/c1-14(2,3)25-13(23)12(22)21-15(24,16(17,18)19)9-11(20-21)10-7-5-4-6-8-10/h4-8,24H,9H2,1-3H3. The number of rotatable bonds is 1. The fourth-order valence-corrected chi connectivity index (χ4v) is 2.18. The van der Waals surface area contributed by atoms with Crippen LogP contribution in [0.15, 0.2) is 35.4 Å². The first-order chi connectivity index (χ1) is 11.3. The van der Waals surface area contributed by atoms with Gasteiger partial charge in [-0.2, -0.15) is 23.3 Å². The highest BCUT2D eigenvalue weighted by Crippen LogP contribution is 2.41. The maximum absolute atomic E-state index is 13.4. The topological polar surface area (TPSA) is 79.2 Å². The van der Waals surface area contributed by atoms with Gasteiger partial charge in [0.05, 0.1) is 12.1 Å². The predicted molar refractivity (Wildman–Crippen MR) is 81.3 cm³/mol. The third-order valence-electron chi connectivity index (χ3n) is 3.31. The summed E-state index contributed by atoms with van der Waals surface area (Å²) in [5, 5.41) is 13.4. The van der Waals surface area contributed by atoms with Gasteiger partial charge in [0, 0.05) is 0 Å². The molecule has 1 heterocycles. The van der Waals surface area contributed by atoms with Crippen LogP contribution in [0.1, 0.15) is 32.8 Å². The van der Waals surface area contributed by atoms with Gasteiger partial charge >= 0.3 is 18.1 Å². The molecule has 0 aromatic heterocycles. The molecule has 0 saturated carbocycles. The monoisotopic (exact) mass is 358 g/mol. The number of hydrazone groups is 1. The Balaban J connectivity index is 2.41. The summed E-state index contributed by atoms with van der Waals surface area (Å²) in [5.41, 5.74) is -4.58. The van der Waals surface area contributed by atoms with E-state index in [0.29, 0.717) is 5.56 Å². The molecule has 2 rings (SSSR count). The van der Waals surface area contributed by atoms with Crippen LogP contribution in [0.4, 0.5) is 13.2 Å². The number of amides is 1. The molecular weight excluding hydrogens is 341 g/mol. The van der Waals surface area contributed by atoms with E-state index in [-0.39, 0.29) is 10.7 Å². The number of esters is 1. The molecule has 1 N–H and O–H groups in total. The smallest absolute Gasteiger partial charge is 0.438 e. The van der Waals surface area contributed by atoms with Crippen LogP contribution in [0, 0.1) is 0 Å². The largest absolute Gasteiger partial charge is 0.453 e. The number of hydrogen-bond donors (Lipinski definition) is 1. The number of carbonyl (C=O) groups is 2. The Hall–Kier alpha value is -2.42. The van der Waals surface area contributed by atoms with Gasteiger partial charge in [0.15, 0.2) is 0 Å². The number of ether oxygens (including phenoxy) is 1. The summed E-state index contributed by atoms with van der Waals surface area (Å²) in [7, 11) is 0. The minimum Gasteiger partial charge on any atom is -0.453 e. The highest BCUT2D eigenvalue weighted by molar-refractivity contribution is 6.33. The summed E-state index contributed by atoms with van der Waals surface area (Å²) in [6.07, 6.45) is -6.21. The van der Waals surface area contributed by atoms with E-state index in [2.05, 4.69) is 5.10 Å². The third kappa shape index (κ3) is 3.81. The molecule has 1 unspecified atom stereocenters. The van der Waals surface area contributed by atoms with E-state index in [1.807, 2.05) is 0 Å². The van der Waals surface area contributed by atoms with E-state index in [9.17, 15) is 27.9 Å². The number of carbonyl (C=O) groups excluding carboxylic acids is 2. The third-order valence-corrected chi connectivity index (χ3v) is 3.31. The molecule has 0 spiro atoms. The van der Waals surface area contributed by atoms with Crippen LogP contribution < -0.4 is 0 Å². The van der Waals surface area contributed by atoms with Crippen LogP contribution in [0.3, 0.4) is 0 Å². The Kier molecular flexibility index (Phi) is 4.65. The Morgan fingerprint density at radius 2 is 1.76 bits per heavy atom. The van der Waals surface area contributed by atoms with E-state index in [1.54, 1.807) is 18.2 Å². The molecule has 0 aliphatic carbocycles. The van der Waals surface area contributed by atoms with Crippen LogP contribution in [0.25, 0.3) is 0 Å². The second kappa shape index (κ2) is 6.14. The molecule has 0 saturated heterocycles. The highest BCUT2D eigenvalue weighted by atomic mass is 19.4. The van der Waals surface area contributed by atoms with Crippen molar-refractivity contribution < 1.29 is 32.6 Å². The summed E-state index contributed by atoms with van der Waals surface area (Å²) in [6, 6.07) is 7.76. The van der Waals surface area contributed by atoms with Crippen LogP contribution in [-0.2, 0) is 14.3 Å². The number of alkyl halides is 3. The maximum atomic E-state index is 13.4. The Morgan fingerprint density at radius 1 is 1.20 bits per heavy atom. The average Bonchev–Trinajstić information content (AvgIpc) is 2.84. The molecule has 6 nitrogen and oxygen atoms in total. The number of hydrogen-bond acceptors (Lipinski definition) is 5. The zero-order chi connectivity index (χ0) is 19.0. The first kappa shape index (κ1) is 18.9. The lowest BCUT2D eigenvalue weighted by Crippen LogP contribution is -2.58. The van der Waals surface area contributed by atoms with Gasteiger partial charge in [-0.15, -0.1) is 0 Å². The van der Waals surface area contributed by atoms with Crippen molar-refractivity contribution in [2.45, 2.75) is 44.7 Å². The second-order valence-corrected chi connectivity index (χ2v) is 6.52. The van der Waals surface area contributed by atoms with Gasteiger partial charge in [0.2, 0.25) is 0 Å². The molecule has 1 amide bonds. The van der Waals surface area contributed by atoms with E-state index in [0.717, 1.165) is 0 Å². The maximum Gasteiger partial charge on any atom is 0.438 e. The molecule has 1 aliphatic rings. The van der Waals surface area contributed by atoms with Crippen molar-refractivity contribution >= 4 is 17.6 Å². The summed E-state index contributed by atoms with van der Waals surface area (Å²) in [5.74, 6) is -3.23. The molecule has 1 aromatic rings. The van der Waals surface area contributed by atoms with E-state index < -0.39 is 35.8 Å². The lowest BCUT2D eigenvalue weighted by Gasteiger charge is -2.32. The molecule has 1 atom stereocenters. The van der Waals surface area contributed by atoms with Gasteiger partial charge in [0.1, 0.15) is 5.60 Å². The molecular formula is C16H17F3N2O4. The van der Waals surface area contributed by atoms with Gasteiger partial charge in [-0.3, -0.25) is 4.79 Å². The minimum absolute atomic E-state index is 0.169. The van der Waals surface area contributed by atoms with Crippen molar-refractivity contribution in [2.75, 3.05) is 0 Å². The molecule has 0 radical (unpaired) electrons. The zero-order valence-electron chi connectivity index (χ0n) is 13.8. The van der Waals surface area contributed by atoms with Gasteiger partial charge in [-0.05, 0) is 26.3 Å². The van der Waals surface area contributed by atoms with Crippen molar-refractivity contribution in [3.63, 3.8) is 0 Å². The molecule has 136 valence electrons. The molecule has 25 heavy (non-hydrogen) atoms. The van der Waals surface area contributed by atoms with E-state index >= 15 is 0 Å². The van der Waals surface area contributed by atoms with Gasteiger partial charge < -0.3 is 9.84 Å². The first-order valence-electron chi connectivity index (χ1n) is 7.35. The first-order valence-corrected chi connectivity index (χ1v) is 7.35. The fourth-order valence-electron chi connectivity index (χ4n) is 2.18. The number of nitrogens with zero attached hydrogens (tertiary/aromatic N) is 2. The van der Waals surface area contributed by atoms with E-state index in [4.69, 9.17) is 4.74 Å². The van der Waals surface area contributed by atoms with Gasteiger partial charge in [-0.1, -0.05) is 30.3 Å². The zero-order valence-corrected chi connectivity index (χ0v) is 13.8. The molecule has 1 aliphatic heterocycles. The Bertz CT molecular complexity index is 710. The fraction of sp³-hybridized carbons (Fsp3) is 0.438. The average molecular weight is 358 g/mol. The van der Waals surface area contributed by atoms with Crippen LogP contribution >= 0.6 is 0 Å².